The average molecular weight is 307 g/mol. The van der Waals surface area contributed by atoms with E-state index in [0.717, 1.165) is 5.75 Å². The first-order valence-electron chi connectivity index (χ1n) is 7.34. The van der Waals surface area contributed by atoms with Crippen LogP contribution in [0, 0.1) is 0 Å². The van der Waals surface area contributed by atoms with Gasteiger partial charge >= 0.3 is 5.97 Å². The molecule has 1 aliphatic rings. The highest BCUT2D eigenvalue weighted by Gasteiger charge is 2.39. The van der Waals surface area contributed by atoms with Crippen molar-refractivity contribution in [2.75, 3.05) is 20.3 Å². The molecule has 0 aromatic heterocycles. The fourth-order valence-corrected chi connectivity index (χ4v) is 2.55. The third kappa shape index (κ3) is 4.21. The van der Waals surface area contributed by atoms with Gasteiger partial charge in [0, 0.05) is 26.5 Å². The van der Waals surface area contributed by atoms with Crippen LogP contribution in [0.1, 0.15) is 19.3 Å². The van der Waals surface area contributed by atoms with E-state index in [1.54, 1.807) is 0 Å². The van der Waals surface area contributed by atoms with E-state index in [-0.39, 0.29) is 18.4 Å². The van der Waals surface area contributed by atoms with Crippen molar-refractivity contribution < 1.29 is 24.2 Å². The summed E-state index contributed by atoms with van der Waals surface area (Å²) in [7, 11) is 1.53. The molecule has 0 saturated carbocycles. The molecule has 2 unspecified atom stereocenters. The van der Waals surface area contributed by atoms with Crippen LogP contribution >= 0.6 is 0 Å². The molecule has 120 valence electrons. The molecule has 0 bridgehead atoms. The van der Waals surface area contributed by atoms with Gasteiger partial charge in [0.2, 0.25) is 5.91 Å². The molecule has 2 atom stereocenters. The molecular weight excluding hydrogens is 286 g/mol. The molecule has 0 aliphatic carbocycles. The number of aliphatic carboxylic acids is 1. The number of ether oxygens (including phenoxy) is 2. The van der Waals surface area contributed by atoms with Crippen LogP contribution in [-0.4, -0.2) is 54.3 Å². The van der Waals surface area contributed by atoms with Gasteiger partial charge in [-0.2, -0.15) is 0 Å². The zero-order valence-electron chi connectivity index (χ0n) is 12.6. The summed E-state index contributed by atoms with van der Waals surface area (Å²) in [6, 6.07) is 8.59. The van der Waals surface area contributed by atoms with Gasteiger partial charge < -0.3 is 19.5 Å². The first-order valence-corrected chi connectivity index (χ1v) is 7.34. The number of para-hydroxylation sites is 1. The highest BCUT2D eigenvalue weighted by atomic mass is 16.5. The van der Waals surface area contributed by atoms with Crippen molar-refractivity contribution in [2.24, 2.45) is 0 Å². The molecule has 6 nitrogen and oxygen atoms in total. The molecule has 1 aromatic carbocycles. The van der Waals surface area contributed by atoms with E-state index in [2.05, 4.69) is 0 Å². The lowest BCUT2D eigenvalue weighted by atomic mass is 10.2. The Bertz CT molecular complexity index is 505. The van der Waals surface area contributed by atoms with Gasteiger partial charge in [-0.05, 0) is 18.6 Å². The number of nitrogens with zero attached hydrogens (tertiary/aromatic N) is 1. The topological polar surface area (TPSA) is 76.1 Å². The van der Waals surface area contributed by atoms with Crippen LogP contribution in [0.25, 0.3) is 0 Å². The van der Waals surface area contributed by atoms with E-state index in [1.807, 2.05) is 30.3 Å². The first-order chi connectivity index (χ1) is 10.6. The lowest BCUT2D eigenvalue weighted by Gasteiger charge is -2.21. The molecule has 6 heteroatoms. The monoisotopic (exact) mass is 307 g/mol. The fraction of sp³-hybridized carbons (Fsp3) is 0.500. The maximum atomic E-state index is 12.2. The Morgan fingerprint density at radius 2 is 2.05 bits per heavy atom. The predicted octanol–water partition coefficient (Wildman–Crippen LogP) is 1.55. The summed E-state index contributed by atoms with van der Waals surface area (Å²) in [6.07, 6.45) is 0.963. The van der Waals surface area contributed by atoms with Crippen LogP contribution in [-0.2, 0) is 14.3 Å². The number of methoxy groups -OCH3 is 1. The average Bonchev–Trinajstić information content (AvgIpc) is 2.97. The van der Waals surface area contributed by atoms with Crippen molar-refractivity contribution in [3.05, 3.63) is 30.3 Å². The van der Waals surface area contributed by atoms with Gasteiger partial charge in [0.25, 0.3) is 0 Å². The van der Waals surface area contributed by atoms with Crippen molar-refractivity contribution >= 4 is 11.9 Å². The van der Waals surface area contributed by atoms with E-state index in [1.165, 1.54) is 12.0 Å². The summed E-state index contributed by atoms with van der Waals surface area (Å²) in [5.74, 6) is -0.379. The molecule has 22 heavy (non-hydrogen) atoms. The number of carbonyl (C=O) groups is 2. The van der Waals surface area contributed by atoms with Gasteiger partial charge in [-0.15, -0.1) is 0 Å². The van der Waals surface area contributed by atoms with E-state index in [0.29, 0.717) is 26.0 Å². The molecule has 0 spiro atoms. The smallest absolute Gasteiger partial charge is 0.326 e. The molecule has 1 heterocycles. The minimum atomic E-state index is -0.978. The Balaban J connectivity index is 1.77. The van der Waals surface area contributed by atoms with Gasteiger partial charge in [0.1, 0.15) is 11.8 Å². The Labute approximate surface area is 129 Å². The van der Waals surface area contributed by atoms with E-state index in [4.69, 9.17) is 9.47 Å². The third-order valence-electron chi connectivity index (χ3n) is 3.75. The van der Waals surface area contributed by atoms with Crippen LogP contribution in [0.5, 0.6) is 5.75 Å². The summed E-state index contributed by atoms with van der Waals surface area (Å²) >= 11 is 0. The molecule has 1 fully saturated rings. The third-order valence-corrected chi connectivity index (χ3v) is 3.75. The number of likely N-dealkylation sites (tertiary alicyclic amines) is 1. The molecule has 1 amide bonds. The Kier molecular flexibility index (Phi) is 5.77. The summed E-state index contributed by atoms with van der Waals surface area (Å²) in [4.78, 5) is 24.8. The van der Waals surface area contributed by atoms with Crippen molar-refractivity contribution in [3.8, 4) is 5.75 Å². The molecular formula is C16H21NO5. The van der Waals surface area contributed by atoms with Gasteiger partial charge in [0.05, 0.1) is 12.7 Å². The van der Waals surface area contributed by atoms with Crippen molar-refractivity contribution in [1.82, 2.24) is 4.90 Å². The van der Waals surface area contributed by atoms with Crippen LogP contribution in [0.4, 0.5) is 0 Å². The largest absolute Gasteiger partial charge is 0.494 e. The second kappa shape index (κ2) is 7.79. The van der Waals surface area contributed by atoms with Gasteiger partial charge in [-0.1, -0.05) is 18.2 Å². The van der Waals surface area contributed by atoms with Crippen LogP contribution < -0.4 is 4.74 Å². The molecule has 1 saturated heterocycles. The van der Waals surface area contributed by atoms with Crippen LogP contribution in [0.2, 0.25) is 0 Å². The zero-order valence-corrected chi connectivity index (χ0v) is 12.6. The van der Waals surface area contributed by atoms with E-state index >= 15 is 0 Å². The highest BCUT2D eigenvalue weighted by Crippen LogP contribution is 2.21. The second-order valence-corrected chi connectivity index (χ2v) is 5.26. The first kappa shape index (κ1) is 16.3. The van der Waals surface area contributed by atoms with Crippen LogP contribution in [0.15, 0.2) is 30.3 Å². The maximum Gasteiger partial charge on any atom is 0.326 e. The molecule has 1 aromatic rings. The highest BCUT2D eigenvalue weighted by molar-refractivity contribution is 5.84. The van der Waals surface area contributed by atoms with Gasteiger partial charge in [-0.25, -0.2) is 4.79 Å². The number of amides is 1. The van der Waals surface area contributed by atoms with E-state index < -0.39 is 12.0 Å². The molecule has 1 aliphatic heterocycles. The molecule has 2 rings (SSSR count). The minimum absolute atomic E-state index is 0.163. The van der Waals surface area contributed by atoms with Crippen molar-refractivity contribution in [1.29, 1.82) is 0 Å². The predicted molar refractivity (Wildman–Crippen MR) is 79.7 cm³/mol. The Hall–Kier alpha value is -2.08. The lowest BCUT2D eigenvalue weighted by molar-refractivity contribution is -0.148. The minimum Gasteiger partial charge on any atom is -0.494 e. The quantitative estimate of drug-likeness (QED) is 0.773. The van der Waals surface area contributed by atoms with Crippen molar-refractivity contribution in [3.63, 3.8) is 0 Å². The number of carboxylic acids is 1. The fourth-order valence-electron chi connectivity index (χ4n) is 2.55. The molecule has 0 radical (unpaired) electrons. The Morgan fingerprint density at radius 3 is 2.68 bits per heavy atom. The van der Waals surface area contributed by atoms with Crippen molar-refractivity contribution in [2.45, 2.75) is 31.4 Å². The number of hydrogen-bond donors (Lipinski definition) is 1. The number of carbonyl (C=O) groups excluding carboxylic acids is 1. The second-order valence-electron chi connectivity index (χ2n) is 5.26. The van der Waals surface area contributed by atoms with E-state index in [9.17, 15) is 14.7 Å². The summed E-state index contributed by atoms with van der Waals surface area (Å²) in [6.45, 7) is 0.765. The number of hydrogen-bond acceptors (Lipinski definition) is 4. The summed E-state index contributed by atoms with van der Waals surface area (Å²) in [5.41, 5.74) is 0. The Morgan fingerprint density at radius 1 is 1.32 bits per heavy atom. The summed E-state index contributed by atoms with van der Waals surface area (Å²) < 4.78 is 10.7. The summed E-state index contributed by atoms with van der Waals surface area (Å²) in [5, 5.41) is 9.19. The number of benzene rings is 1. The standard InChI is InChI=1S/C16H21NO5/c1-21-13-10-14(16(19)20)17(11-13)15(18)8-5-9-22-12-6-3-2-4-7-12/h2-4,6-7,13-14H,5,8-11H2,1H3,(H,19,20). The number of carboxylic acid groups (broad SMARTS) is 1. The number of rotatable bonds is 7. The SMILES string of the molecule is COC1CC(C(=O)O)N(C(=O)CCCOc2ccccc2)C1. The normalized spacial score (nSPS) is 20.9. The lowest BCUT2D eigenvalue weighted by Crippen LogP contribution is -2.40. The maximum absolute atomic E-state index is 12.2. The molecule has 1 N–H and O–H groups in total. The van der Waals surface area contributed by atoms with Crippen LogP contribution in [0.3, 0.4) is 0 Å². The zero-order chi connectivity index (χ0) is 15.9. The van der Waals surface area contributed by atoms with Gasteiger partial charge in [-0.3, -0.25) is 4.79 Å². The van der Waals surface area contributed by atoms with Gasteiger partial charge in [0.15, 0.2) is 0 Å².